The van der Waals surface area contributed by atoms with Crippen molar-refractivity contribution in [1.29, 1.82) is 0 Å². The maximum atomic E-state index is 4.43. The minimum Gasteiger partial charge on any atom is -0.314 e. The predicted molar refractivity (Wildman–Crippen MR) is 61.7 cm³/mol. The van der Waals surface area contributed by atoms with Gasteiger partial charge in [0.05, 0.1) is 0 Å². The second-order valence-corrected chi connectivity index (χ2v) is 4.94. The van der Waals surface area contributed by atoms with Crippen LogP contribution in [-0.4, -0.2) is 57.4 Å². The van der Waals surface area contributed by atoms with Crippen molar-refractivity contribution in [2.24, 2.45) is 0 Å². The first-order valence-corrected chi connectivity index (χ1v) is 6.32. The van der Waals surface area contributed by atoms with Gasteiger partial charge in [0.1, 0.15) is 11.3 Å². The molecule has 0 amide bonds. The van der Waals surface area contributed by atoms with Crippen LogP contribution in [0.4, 0.5) is 0 Å². The van der Waals surface area contributed by atoms with Crippen LogP contribution >= 0.6 is 11.3 Å². The maximum Gasteiger partial charge on any atom is 0.234 e. The highest BCUT2D eigenvalue weighted by atomic mass is 32.1. The average Bonchev–Trinajstić information content (AvgIpc) is 2.88. The van der Waals surface area contributed by atoms with E-state index >= 15 is 0 Å². The van der Waals surface area contributed by atoms with E-state index in [-0.39, 0.29) is 0 Å². The van der Waals surface area contributed by atoms with Crippen molar-refractivity contribution in [3.05, 3.63) is 11.3 Å². The number of piperazine rings is 1. The van der Waals surface area contributed by atoms with E-state index in [1.165, 1.54) is 0 Å². The van der Waals surface area contributed by atoms with Gasteiger partial charge in [0.2, 0.25) is 4.96 Å². The first-order chi connectivity index (χ1) is 7.92. The van der Waals surface area contributed by atoms with Gasteiger partial charge < -0.3 is 10.2 Å². The minimum atomic E-state index is 0.885. The lowest BCUT2D eigenvalue weighted by molar-refractivity contribution is 0.243. The van der Waals surface area contributed by atoms with E-state index in [0.29, 0.717) is 0 Å². The average molecular weight is 238 g/mol. The van der Waals surface area contributed by atoms with Crippen LogP contribution in [0.3, 0.4) is 0 Å². The van der Waals surface area contributed by atoms with Crippen molar-refractivity contribution in [3.63, 3.8) is 0 Å². The second kappa shape index (κ2) is 4.44. The number of hydrogen-bond acceptors (Lipinski definition) is 6. The van der Waals surface area contributed by atoms with Crippen LogP contribution in [0.1, 0.15) is 5.01 Å². The SMILES string of the molecule is c1nnc2sc(CCN3CCNCC3)nn12. The number of aromatic nitrogens is 4. The van der Waals surface area contributed by atoms with Crippen molar-refractivity contribution in [3.8, 4) is 0 Å². The van der Waals surface area contributed by atoms with Gasteiger partial charge >= 0.3 is 0 Å². The summed E-state index contributed by atoms with van der Waals surface area (Å²) in [6.45, 7) is 5.58. The van der Waals surface area contributed by atoms with E-state index in [2.05, 4.69) is 25.5 Å². The topological polar surface area (TPSA) is 58.4 Å². The summed E-state index contributed by atoms with van der Waals surface area (Å²) in [6, 6.07) is 0. The fraction of sp³-hybridized carbons (Fsp3) is 0.667. The summed E-state index contributed by atoms with van der Waals surface area (Å²) in [4.78, 5) is 3.36. The van der Waals surface area contributed by atoms with Crippen molar-refractivity contribution in [1.82, 2.24) is 30.0 Å². The Bertz CT molecular complexity index is 429. The van der Waals surface area contributed by atoms with E-state index in [1.54, 1.807) is 22.2 Å². The molecule has 0 aromatic carbocycles. The lowest BCUT2D eigenvalue weighted by Crippen LogP contribution is -2.44. The Morgan fingerprint density at radius 1 is 1.38 bits per heavy atom. The molecule has 86 valence electrons. The van der Waals surface area contributed by atoms with Crippen LogP contribution in [0.15, 0.2) is 6.33 Å². The molecule has 1 fully saturated rings. The monoisotopic (exact) mass is 238 g/mol. The normalized spacial score (nSPS) is 18.2. The molecule has 2 aromatic heterocycles. The third kappa shape index (κ3) is 2.06. The van der Waals surface area contributed by atoms with Gasteiger partial charge in [-0.15, -0.1) is 10.2 Å². The lowest BCUT2D eigenvalue weighted by atomic mass is 10.3. The van der Waals surface area contributed by atoms with Crippen molar-refractivity contribution in [2.75, 3.05) is 32.7 Å². The molecule has 1 aliphatic rings. The summed E-state index contributed by atoms with van der Waals surface area (Å²) in [7, 11) is 0. The Hall–Kier alpha value is -1.05. The third-order valence-electron chi connectivity index (χ3n) is 2.78. The van der Waals surface area contributed by atoms with Crippen LogP contribution in [0.5, 0.6) is 0 Å². The molecule has 0 bridgehead atoms. The Labute approximate surface area is 97.3 Å². The summed E-state index contributed by atoms with van der Waals surface area (Å²) >= 11 is 1.63. The summed E-state index contributed by atoms with van der Waals surface area (Å²) in [5.41, 5.74) is 0. The van der Waals surface area contributed by atoms with E-state index in [4.69, 9.17) is 0 Å². The van der Waals surface area contributed by atoms with Crippen molar-refractivity contribution < 1.29 is 0 Å². The Morgan fingerprint density at radius 3 is 3.06 bits per heavy atom. The highest BCUT2D eigenvalue weighted by molar-refractivity contribution is 7.16. The lowest BCUT2D eigenvalue weighted by Gasteiger charge is -2.26. The first kappa shape index (κ1) is 10.1. The molecule has 3 heterocycles. The summed E-state index contributed by atoms with van der Waals surface area (Å²) in [5, 5.41) is 16.7. The van der Waals surface area contributed by atoms with Gasteiger partial charge in [-0.3, -0.25) is 0 Å². The second-order valence-electron chi connectivity index (χ2n) is 3.90. The minimum absolute atomic E-state index is 0.885. The number of nitrogens with one attached hydrogen (secondary N) is 1. The van der Waals surface area contributed by atoms with Crippen LogP contribution in [0, 0.1) is 0 Å². The van der Waals surface area contributed by atoms with Crippen molar-refractivity contribution in [2.45, 2.75) is 6.42 Å². The Morgan fingerprint density at radius 2 is 2.25 bits per heavy atom. The van der Waals surface area contributed by atoms with Crippen LogP contribution in [0.25, 0.3) is 4.96 Å². The Balaban J connectivity index is 1.59. The maximum absolute atomic E-state index is 4.43. The van der Waals surface area contributed by atoms with E-state index in [1.807, 2.05) is 0 Å². The predicted octanol–water partition coefficient (Wildman–Crippen LogP) is -0.367. The summed E-state index contributed by atoms with van der Waals surface area (Å²) < 4.78 is 1.75. The largest absolute Gasteiger partial charge is 0.314 e. The van der Waals surface area contributed by atoms with Gasteiger partial charge in [-0.1, -0.05) is 11.3 Å². The first-order valence-electron chi connectivity index (χ1n) is 5.50. The zero-order chi connectivity index (χ0) is 10.8. The molecular weight excluding hydrogens is 224 g/mol. The van der Waals surface area contributed by atoms with Gasteiger partial charge in [0.25, 0.3) is 0 Å². The molecule has 16 heavy (non-hydrogen) atoms. The molecule has 1 saturated heterocycles. The molecule has 0 spiro atoms. The Kier molecular flexibility index (Phi) is 2.81. The van der Waals surface area contributed by atoms with E-state index < -0.39 is 0 Å². The fourth-order valence-electron chi connectivity index (χ4n) is 1.89. The van der Waals surface area contributed by atoms with Crippen LogP contribution < -0.4 is 5.32 Å². The van der Waals surface area contributed by atoms with Gasteiger partial charge in [-0.05, 0) is 0 Å². The zero-order valence-corrected chi connectivity index (χ0v) is 9.78. The zero-order valence-electron chi connectivity index (χ0n) is 8.96. The van der Waals surface area contributed by atoms with E-state index in [9.17, 15) is 0 Å². The molecule has 2 aromatic rings. The molecule has 1 N–H and O–H groups in total. The number of fused-ring (bicyclic) bond motifs is 1. The molecule has 0 atom stereocenters. The molecule has 0 saturated carbocycles. The van der Waals surface area contributed by atoms with Crippen molar-refractivity contribution >= 4 is 16.3 Å². The molecule has 3 rings (SSSR count). The summed E-state index contributed by atoms with van der Waals surface area (Å²) in [5.74, 6) is 0. The molecule has 0 radical (unpaired) electrons. The third-order valence-corrected chi connectivity index (χ3v) is 3.75. The molecule has 1 aliphatic heterocycles. The quantitative estimate of drug-likeness (QED) is 0.791. The highest BCUT2D eigenvalue weighted by Crippen LogP contribution is 2.12. The number of rotatable bonds is 3. The van der Waals surface area contributed by atoms with E-state index in [0.717, 1.165) is 49.1 Å². The molecule has 6 nitrogen and oxygen atoms in total. The van der Waals surface area contributed by atoms with Crippen LogP contribution in [-0.2, 0) is 6.42 Å². The number of hydrogen-bond donors (Lipinski definition) is 1. The van der Waals surface area contributed by atoms with Gasteiger partial charge in [-0.2, -0.15) is 9.61 Å². The highest BCUT2D eigenvalue weighted by Gasteiger charge is 2.11. The van der Waals surface area contributed by atoms with Gasteiger partial charge in [-0.25, -0.2) is 0 Å². The van der Waals surface area contributed by atoms with Gasteiger partial charge in [0.15, 0.2) is 0 Å². The number of nitrogens with zero attached hydrogens (tertiary/aromatic N) is 5. The smallest absolute Gasteiger partial charge is 0.234 e. The molecule has 7 heteroatoms. The summed E-state index contributed by atoms with van der Waals surface area (Å²) in [6.07, 6.45) is 2.66. The van der Waals surface area contributed by atoms with Gasteiger partial charge in [0, 0.05) is 39.1 Å². The van der Waals surface area contributed by atoms with Crippen LogP contribution in [0.2, 0.25) is 0 Å². The molecule has 0 unspecified atom stereocenters. The molecular formula is C9H14N6S. The fourth-order valence-corrected chi connectivity index (χ4v) is 2.69. The standard InChI is InChI=1S/C9H14N6S/c1(4-14-5-2-10-3-6-14)8-13-15-7-11-12-9(15)16-8/h7,10H,1-6H2. The molecule has 0 aliphatic carbocycles.